The normalized spacial score (nSPS) is 27.2. The molecule has 1 aliphatic carbocycles. The predicted molar refractivity (Wildman–Crippen MR) is 103 cm³/mol. The molecule has 0 bridgehead atoms. The first-order valence-electron chi connectivity index (χ1n) is 8.51. The van der Waals surface area contributed by atoms with Gasteiger partial charge in [-0.15, -0.1) is 17.3 Å². The van der Waals surface area contributed by atoms with Crippen molar-refractivity contribution >= 4 is 37.5 Å². The van der Waals surface area contributed by atoms with Gasteiger partial charge in [-0.1, -0.05) is 12.0 Å². The fourth-order valence-corrected chi connectivity index (χ4v) is 5.09. The number of rotatable bonds is 1. The van der Waals surface area contributed by atoms with Crippen LogP contribution in [0.25, 0.3) is 20.2 Å². The lowest BCUT2D eigenvalue weighted by Gasteiger charge is -2.36. The van der Waals surface area contributed by atoms with E-state index in [0.717, 1.165) is 12.0 Å². The molecule has 3 atom stereocenters. The van der Waals surface area contributed by atoms with E-state index in [1.54, 1.807) is 0 Å². The average Bonchev–Trinajstić information content (AvgIpc) is 3.28. The zero-order valence-corrected chi connectivity index (χ0v) is 15.0. The molecule has 1 saturated heterocycles. The minimum Gasteiger partial charge on any atom is -0.462 e. The number of benzene rings is 2. The lowest BCUT2D eigenvalue weighted by atomic mass is 9.85. The van der Waals surface area contributed by atoms with Crippen LogP contribution in [-0.4, -0.2) is 12.1 Å². The molecule has 0 radical (unpaired) electrons. The van der Waals surface area contributed by atoms with E-state index >= 15 is 0 Å². The van der Waals surface area contributed by atoms with E-state index in [0.29, 0.717) is 5.92 Å². The zero-order valence-electron chi connectivity index (χ0n) is 14.1. The maximum absolute atomic E-state index is 7.94. The molecule has 2 aromatic carbocycles. The van der Waals surface area contributed by atoms with Crippen LogP contribution >= 0.6 is 11.3 Å². The zero-order chi connectivity index (χ0) is 17.2. The topological polar surface area (TPSA) is 45.1 Å². The number of amidine groups is 1. The Morgan fingerprint density at radius 1 is 1.20 bits per heavy atom. The largest absolute Gasteiger partial charge is 0.462 e. The van der Waals surface area contributed by atoms with Crippen molar-refractivity contribution in [1.29, 1.82) is 5.41 Å². The summed E-state index contributed by atoms with van der Waals surface area (Å²) < 4.78 is 8.10. The van der Waals surface area contributed by atoms with Gasteiger partial charge in [0.1, 0.15) is 6.10 Å². The Morgan fingerprint density at radius 2 is 1.96 bits per heavy atom. The molecule has 5 rings (SSSR count). The smallest absolute Gasteiger partial charge is 0.282 e. The Kier molecular flexibility index (Phi) is 2.96. The van der Waals surface area contributed by atoms with Crippen LogP contribution < -0.4 is 5.32 Å². The summed E-state index contributed by atoms with van der Waals surface area (Å²) in [5.41, 5.74) is 2.05. The monoisotopic (exact) mass is 346 g/mol. The van der Waals surface area contributed by atoms with Gasteiger partial charge in [-0.25, -0.2) is 0 Å². The number of ether oxygens (including phenoxy) is 1. The number of hydrogen-bond acceptors (Lipinski definition) is 3. The summed E-state index contributed by atoms with van der Waals surface area (Å²) in [6.07, 6.45) is 1.21. The highest BCUT2D eigenvalue weighted by Gasteiger charge is 2.57. The van der Waals surface area contributed by atoms with Crippen LogP contribution in [0.15, 0.2) is 36.4 Å². The highest BCUT2D eigenvalue weighted by Crippen LogP contribution is 2.51. The summed E-state index contributed by atoms with van der Waals surface area (Å²) in [5, 5.41) is 13.8. The summed E-state index contributed by atoms with van der Waals surface area (Å²) in [5.74, 6) is 6.57. The molecular weight excluding hydrogens is 328 g/mol. The van der Waals surface area contributed by atoms with E-state index in [1.165, 1.54) is 25.7 Å². The van der Waals surface area contributed by atoms with Gasteiger partial charge in [0, 0.05) is 31.7 Å². The third-order valence-corrected chi connectivity index (χ3v) is 6.61. The van der Waals surface area contributed by atoms with E-state index in [4.69, 9.17) is 10.1 Å². The molecule has 2 heterocycles. The SMILES string of the molecule is CC#Cc1ccc2sc3ccc([C@]4(C)NC(=N)O[C@H]5C[C@H]54)cc3c2c1. The summed E-state index contributed by atoms with van der Waals surface area (Å²) in [4.78, 5) is 0. The second kappa shape index (κ2) is 5.00. The van der Waals surface area contributed by atoms with Crippen molar-refractivity contribution in [2.45, 2.75) is 31.9 Å². The van der Waals surface area contributed by atoms with Gasteiger partial charge in [0.2, 0.25) is 0 Å². The molecule has 2 fully saturated rings. The van der Waals surface area contributed by atoms with Crippen LogP contribution in [0.5, 0.6) is 0 Å². The van der Waals surface area contributed by atoms with Crippen molar-refractivity contribution in [2.24, 2.45) is 5.92 Å². The first-order valence-corrected chi connectivity index (χ1v) is 9.33. The second-order valence-corrected chi connectivity index (χ2v) is 8.14. The van der Waals surface area contributed by atoms with E-state index in [-0.39, 0.29) is 17.7 Å². The fraction of sp³-hybridized carbons (Fsp3) is 0.286. The van der Waals surface area contributed by atoms with Crippen molar-refractivity contribution in [1.82, 2.24) is 5.32 Å². The summed E-state index contributed by atoms with van der Waals surface area (Å²) in [7, 11) is 0. The first-order chi connectivity index (χ1) is 12.1. The number of hydrogen-bond donors (Lipinski definition) is 2. The van der Waals surface area contributed by atoms with E-state index in [1.807, 2.05) is 18.3 Å². The molecule has 124 valence electrons. The fourth-order valence-electron chi connectivity index (χ4n) is 4.03. The minimum absolute atomic E-state index is 0.192. The number of fused-ring (bicyclic) bond motifs is 4. The van der Waals surface area contributed by atoms with Crippen molar-refractivity contribution in [3.63, 3.8) is 0 Å². The highest BCUT2D eigenvalue weighted by atomic mass is 32.1. The van der Waals surface area contributed by atoms with E-state index in [2.05, 4.69) is 60.5 Å². The Balaban J connectivity index is 1.69. The molecular formula is C21H18N2OS. The lowest BCUT2D eigenvalue weighted by molar-refractivity contribution is 0.165. The standard InChI is InChI=1S/C21H18N2OS/c1-3-4-12-5-7-18-14(9-12)15-10-13(6-8-19(15)25-18)21(2)16-11-17(16)24-20(22)23-21/h5-10,16-17H,11H2,1-2H3,(H2,22,23)/t16-,17+,21+/m1/s1. The molecule has 0 unspecified atom stereocenters. The predicted octanol–water partition coefficient (Wildman–Crippen LogP) is 4.58. The van der Waals surface area contributed by atoms with Gasteiger partial charge in [0.25, 0.3) is 6.02 Å². The third kappa shape index (κ3) is 2.16. The Bertz CT molecular complexity index is 1100. The van der Waals surface area contributed by atoms with Crippen LogP contribution in [-0.2, 0) is 10.3 Å². The molecule has 1 aromatic heterocycles. The summed E-state index contributed by atoms with van der Waals surface area (Å²) in [6, 6.07) is 13.3. The lowest BCUT2D eigenvalue weighted by Crippen LogP contribution is -2.50. The molecule has 2 N–H and O–H groups in total. The van der Waals surface area contributed by atoms with Gasteiger partial charge in [0.15, 0.2) is 0 Å². The summed E-state index contributed by atoms with van der Waals surface area (Å²) >= 11 is 1.82. The minimum atomic E-state index is -0.233. The number of nitrogens with one attached hydrogen (secondary N) is 2. The molecule has 1 aliphatic heterocycles. The van der Waals surface area contributed by atoms with Crippen molar-refractivity contribution in [2.75, 3.05) is 0 Å². The van der Waals surface area contributed by atoms with Gasteiger partial charge < -0.3 is 10.1 Å². The van der Waals surface area contributed by atoms with Crippen LogP contribution in [0.4, 0.5) is 0 Å². The van der Waals surface area contributed by atoms with Crippen LogP contribution in [0.1, 0.15) is 31.4 Å². The molecule has 1 saturated carbocycles. The van der Waals surface area contributed by atoms with Crippen LogP contribution in [0, 0.1) is 23.2 Å². The average molecular weight is 346 g/mol. The molecule has 4 heteroatoms. The van der Waals surface area contributed by atoms with Crippen molar-refractivity contribution in [3.05, 3.63) is 47.5 Å². The molecule has 3 aromatic rings. The quantitative estimate of drug-likeness (QED) is 0.633. The Morgan fingerprint density at radius 3 is 2.76 bits per heavy atom. The molecule has 25 heavy (non-hydrogen) atoms. The van der Waals surface area contributed by atoms with Crippen molar-refractivity contribution in [3.8, 4) is 11.8 Å². The van der Waals surface area contributed by atoms with Gasteiger partial charge in [-0.3, -0.25) is 5.41 Å². The Labute approximate surface area is 150 Å². The third-order valence-electron chi connectivity index (χ3n) is 5.45. The van der Waals surface area contributed by atoms with Gasteiger partial charge in [-0.2, -0.15) is 0 Å². The van der Waals surface area contributed by atoms with E-state index < -0.39 is 0 Å². The van der Waals surface area contributed by atoms with Gasteiger partial charge in [-0.05, 0) is 56.2 Å². The molecule has 3 nitrogen and oxygen atoms in total. The second-order valence-electron chi connectivity index (χ2n) is 7.05. The maximum Gasteiger partial charge on any atom is 0.282 e. The highest BCUT2D eigenvalue weighted by molar-refractivity contribution is 7.25. The first kappa shape index (κ1) is 14.8. The van der Waals surface area contributed by atoms with Gasteiger partial charge in [0.05, 0.1) is 5.54 Å². The van der Waals surface area contributed by atoms with Crippen LogP contribution in [0.2, 0.25) is 0 Å². The molecule has 0 amide bonds. The van der Waals surface area contributed by atoms with E-state index in [9.17, 15) is 0 Å². The summed E-state index contributed by atoms with van der Waals surface area (Å²) in [6.45, 7) is 4.06. The van der Waals surface area contributed by atoms with Crippen molar-refractivity contribution < 1.29 is 4.74 Å². The number of thiophene rings is 1. The van der Waals surface area contributed by atoms with Crippen LogP contribution in [0.3, 0.4) is 0 Å². The maximum atomic E-state index is 7.94. The molecule has 2 aliphatic rings. The molecule has 0 spiro atoms. The Hall–Kier alpha value is -2.51. The van der Waals surface area contributed by atoms with Gasteiger partial charge >= 0.3 is 0 Å².